The van der Waals surface area contributed by atoms with Crippen molar-refractivity contribution in [2.24, 2.45) is 0 Å². The molecule has 0 radical (unpaired) electrons. The van der Waals surface area contributed by atoms with Gasteiger partial charge in [0.15, 0.2) is 0 Å². The van der Waals surface area contributed by atoms with Crippen molar-refractivity contribution >= 4 is 61.3 Å². The molecule has 138 valence electrons. The number of H-pyrrole nitrogens is 1. The van der Waals surface area contributed by atoms with E-state index >= 15 is 0 Å². The Morgan fingerprint density at radius 2 is 2.00 bits per heavy atom. The zero-order valence-electron chi connectivity index (χ0n) is 13.8. The highest BCUT2D eigenvalue weighted by molar-refractivity contribution is 8.26. The predicted molar refractivity (Wildman–Crippen MR) is 108 cm³/mol. The molecule has 2 aromatic rings. The molecule has 2 N–H and O–H groups in total. The third-order valence-corrected chi connectivity index (χ3v) is 6.25. The number of aromatic amines is 1. The third-order valence-electron chi connectivity index (χ3n) is 4.07. The topological polar surface area (TPSA) is 90.5 Å². The number of hydrogen-bond donors (Lipinski definition) is 2. The van der Waals surface area contributed by atoms with Crippen LogP contribution in [0, 0.1) is 0 Å². The van der Waals surface area contributed by atoms with E-state index in [0.29, 0.717) is 35.0 Å². The molecule has 2 heterocycles. The molecule has 6 nitrogen and oxygen atoms in total. The van der Waals surface area contributed by atoms with Crippen LogP contribution in [-0.2, 0) is 14.9 Å². The van der Waals surface area contributed by atoms with Crippen molar-refractivity contribution in [2.75, 3.05) is 12.3 Å². The van der Waals surface area contributed by atoms with Crippen LogP contribution < -0.4 is 0 Å². The number of fused-ring (bicyclic) bond motifs is 1. The molecule has 0 spiro atoms. The average molecular weight is 411 g/mol. The van der Waals surface area contributed by atoms with Crippen LogP contribution in [0.1, 0.15) is 24.8 Å². The number of benzene rings is 1. The van der Waals surface area contributed by atoms with Gasteiger partial charge >= 0.3 is 0 Å². The normalized spacial score (nSPS) is 17.0. The van der Waals surface area contributed by atoms with Crippen LogP contribution in [-0.4, -0.2) is 45.4 Å². The Balaban J connectivity index is 1.63. The van der Waals surface area contributed by atoms with Gasteiger partial charge in [-0.1, -0.05) is 48.6 Å². The van der Waals surface area contributed by atoms with E-state index in [4.69, 9.17) is 16.8 Å². The number of thiocarbonyl (C=S) groups is 1. The number of aromatic nitrogens is 1. The fourth-order valence-electron chi connectivity index (χ4n) is 2.78. The first kappa shape index (κ1) is 19.1. The largest absolute Gasteiger partial charge is 0.361 e. The van der Waals surface area contributed by atoms with Crippen LogP contribution in [0.2, 0.25) is 0 Å². The molecule has 1 aliphatic heterocycles. The molecule has 0 saturated carbocycles. The first-order valence-corrected chi connectivity index (χ1v) is 11.0. The summed E-state index contributed by atoms with van der Waals surface area (Å²) in [5.74, 6) is -0.383. The molecular formula is C17H18N2O4S3. The minimum Gasteiger partial charge on any atom is -0.361 e. The number of para-hydroxylation sites is 1. The molecule has 1 aliphatic rings. The first-order valence-electron chi connectivity index (χ1n) is 8.12. The molecule has 0 bridgehead atoms. The van der Waals surface area contributed by atoms with Gasteiger partial charge in [0.05, 0.1) is 10.7 Å². The number of nitrogens with one attached hydrogen (secondary N) is 1. The monoisotopic (exact) mass is 410 g/mol. The number of carbonyl (C=O) groups is 1. The van der Waals surface area contributed by atoms with E-state index in [9.17, 15) is 13.2 Å². The molecule has 1 aromatic heterocycles. The smallest absolute Gasteiger partial charge is 0.266 e. The number of thioether (sulfide) groups is 1. The number of amides is 1. The molecular weight excluding hydrogens is 392 g/mol. The molecule has 0 atom stereocenters. The minimum atomic E-state index is -3.92. The summed E-state index contributed by atoms with van der Waals surface area (Å²) in [6.07, 6.45) is 5.29. The van der Waals surface area contributed by atoms with Crippen molar-refractivity contribution in [2.45, 2.75) is 19.3 Å². The van der Waals surface area contributed by atoms with Crippen molar-refractivity contribution in [1.29, 1.82) is 0 Å². The zero-order valence-corrected chi connectivity index (χ0v) is 16.3. The zero-order chi connectivity index (χ0) is 18.7. The summed E-state index contributed by atoms with van der Waals surface area (Å²) in [6, 6.07) is 7.87. The van der Waals surface area contributed by atoms with Crippen LogP contribution in [0.15, 0.2) is 35.4 Å². The second-order valence-corrected chi connectivity index (χ2v) is 9.22. The predicted octanol–water partition coefficient (Wildman–Crippen LogP) is 3.43. The quantitative estimate of drug-likeness (QED) is 0.315. The number of carbonyl (C=O) groups excluding carboxylic acids is 1. The van der Waals surface area contributed by atoms with Crippen molar-refractivity contribution < 1.29 is 17.8 Å². The molecule has 0 aliphatic carbocycles. The summed E-state index contributed by atoms with van der Waals surface area (Å²) >= 11 is 6.58. The lowest BCUT2D eigenvalue weighted by Crippen LogP contribution is -2.29. The number of unbranched alkanes of at least 4 members (excludes halogenated alkanes) is 2. The Labute approximate surface area is 161 Å². The van der Waals surface area contributed by atoms with E-state index in [1.165, 1.54) is 11.8 Å². The molecule has 3 rings (SSSR count). The van der Waals surface area contributed by atoms with Crippen LogP contribution in [0.25, 0.3) is 17.0 Å². The summed E-state index contributed by atoms with van der Waals surface area (Å²) in [7, 11) is -3.92. The molecule has 1 aromatic carbocycles. The van der Waals surface area contributed by atoms with Crippen molar-refractivity contribution in [3.8, 4) is 0 Å². The Morgan fingerprint density at radius 1 is 1.23 bits per heavy atom. The maximum Gasteiger partial charge on any atom is 0.266 e. The summed E-state index contributed by atoms with van der Waals surface area (Å²) in [5.41, 5.74) is 1.95. The van der Waals surface area contributed by atoms with Crippen molar-refractivity contribution in [3.63, 3.8) is 0 Å². The lowest BCUT2D eigenvalue weighted by Gasteiger charge is -2.13. The van der Waals surface area contributed by atoms with Gasteiger partial charge in [-0.25, -0.2) is 0 Å². The number of rotatable bonds is 7. The summed E-state index contributed by atoms with van der Waals surface area (Å²) in [5, 5.41) is 1.04. The highest BCUT2D eigenvalue weighted by Gasteiger charge is 2.31. The Kier molecular flexibility index (Phi) is 5.81. The van der Waals surface area contributed by atoms with Gasteiger partial charge in [0.1, 0.15) is 4.32 Å². The van der Waals surface area contributed by atoms with Gasteiger partial charge in [0, 0.05) is 29.2 Å². The number of nitrogens with zero attached hydrogens (tertiary/aromatic N) is 1. The maximum absolute atomic E-state index is 12.6. The van der Waals surface area contributed by atoms with Crippen LogP contribution in [0.4, 0.5) is 0 Å². The van der Waals surface area contributed by atoms with E-state index in [0.717, 1.165) is 16.5 Å². The van der Waals surface area contributed by atoms with Gasteiger partial charge in [-0.05, 0) is 25.0 Å². The molecule has 9 heteroatoms. The Morgan fingerprint density at radius 3 is 2.77 bits per heavy atom. The third kappa shape index (κ3) is 4.53. The number of hydrogen-bond acceptors (Lipinski definition) is 5. The summed E-state index contributed by atoms with van der Waals surface area (Å²) in [4.78, 5) is 17.9. The molecule has 1 fully saturated rings. The van der Waals surface area contributed by atoms with Crippen molar-refractivity contribution in [3.05, 3.63) is 40.9 Å². The molecule has 0 unspecified atom stereocenters. The van der Waals surface area contributed by atoms with Crippen LogP contribution in [0.3, 0.4) is 0 Å². The van der Waals surface area contributed by atoms with Gasteiger partial charge in [-0.15, -0.1) is 0 Å². The highest BCUT2D eigenvalue weighted by atomic mass is 32.2. The lowest BCUT2D eigenvalue weighted by atomic mass is 10.1. The fourth-order valence-corrected chi connectivity index (χ4v) is 4.65. The van der Waals surface area contributed by atoms with Gasteiger partial charge in [-0.2, -0.15) is 8.42 Å². The summed E-state index contributed by atoms with van der Waals surface area (Å²) in [6.45, 7) is 0.446. The lowest BCUT2D eigenvalue weighted by molar-refractivity contribution is -0.122. The van der Waals surface area contributed by atoms with Crippen LogP contribution in [0.5, 0.6) is 0 Å². The van der Waals surface area contributed by atoms with Crippen molar-refractivity contribution in [1.82, 2.24) is 9.88 Å². The second-order valence-electron chi connectivity index (χ2n) is 5.97. The van der Waals surface area contributed by atoms with E-state index < -0.39 is 10.1 Å². The second kappa shape index (κ2) is 7.91. The maximum atomic E-state index is 12.6. The molecule has 26 heavy (non-hydrogen) atoms. The SMILES string of the molecule is O=C1/C(=C/c2c[nH]c3ccccc23)SC(=S)N1CCCCCS(=O)(=O)O. The van der Waals surface area contributed by atoms with Gasteiger partial charge in [-0.3, -0.25) is 14.2 Å². The van der Waals surface area contributed by atoms with Gasteiger partial charge in [0.25, 0.3) is 16.0 Å². The van der Waals surface area contributed by atoms with E-state index in [1.54, 1.807) is 4.90 Å². The van der Waals surface area contributed by atoms with E-state index in [2.05, 4.69) is 4.98 Å². The fraction of sp³-hybridized carbons (Fsp3) is 0.294. The molecule has 1 saturated heterocycles. The van der Waals surface area contributed by atoms with Gasteiger partial charge < -0.3 is 4.98 Å². The first-order chi connectivity index (χ1) is 12.3. The van der Waals surface area contributed by atoms with Gasteiger partial charge in [0.2, 0.25) is 0 Å². The van der Waals surface area contributed by atoms with Crippen LogP contribution >= 0.6 is 24.0 Å². The Hall–Kier alpha value is -1.68. The molecule has 1 amide bonds. The Bertz CT molecular complexity index is 979. The minimum absolute atomic E-state index is 0.125. The standard InChI is InChI=1S/C17H18N2O4S3/c20-16-15(10-12-11-18-14-7-3-2-6-13(12)14)25-17(24)19(16)8-4-1-5-9-26(21,22)23/h2-3,6-7,10-11,18H,1,4-5,8-9H2,(H,21,22,23)/b15-10-. The highest BCUT2D eigenvalue weighted by Crippen LogP contribution is 2.34. The summed E-state index contributed by atoms with van der Waals surface area (Å²) < 4.78 is 30.6. The average Bonchev–Trinajstić information content (AvgIpc) is 3.10. The van der Waals surface area contributed by atoms with E-state index in [-0.39, 0.29) is 11.7 Å². The van der Waals surface area contributed by atoms with E-state index in [1.807, 2.05) is 36.5 Å².